The summed E-state index contributed by atoms with van der Waals surface area (Å²) >= 11 is 1.29. The molecule has 1 aromatic carbocycles. The highest BCUT2D eigenvalue weighted by molar-refractivity contribution is 8.00. The Hall–Kier alpha value is -3.27. The third-order valence-electron chi connectivity index (χ3n) is 4.86. The zero-order valence-corrected chi connectivity index (χ0v) is 18.8. The molecule has 10 heteroatoms. The van der Waals surface area contributed by atoms with Crippen molar-refractivity contribution in [2.45, 2.75) is 18.2 Å². The number of rotatable bonds is 7. The van der Waals surface area contributed by atoms with Crippen molar-refractivity contribution >= 4 is 41.2 Å². The van der Waals surface area contributed by atoms with E-state index in [4.69, 9.17) is 10.5 Å². The van der Waals surface area contributed by atoms with Gasteiger partial charge in [0.15, 0.2) is 0 Å². The first-order chi connectivity index (χ1) is 15.5. The Labute approximate surface area is 191 Å². The second-order valence-corrected chi connectivity index (χ2v) is 8.15. The van der Waals surface area contributed by atoms with Crippen LogP contribution in [0, 0.1) is 0 Å². The molecule has 1 aromatic heterocycles. The molecule has 0 atom stereocenters. The number of hydrogen-bond acceptors (Lipinski definition) is 7. The number of nitrogens with two attached hydrogens (primary N) is 1. The minimum atomic E-state index is -0.410. The lowest BCUT2D eigenvalue weighted by atomic mass is 10.2. The van der Waals surface area contributed by atoms with Crippen LogP contribution in [-0.2, 0) is 9.53 Å². The van der Waals surface area contributed by atoms with E-state index in [2.05, 4.69) is 15.2 Å². The van der Waals surface area contributed by atoms with Crippen molar-refractivity contribution < 1.29 is 19.1 Å². The van der Waals surface area contributed by atoms with Crippen LogP contribution in [0.3, 0.4) is 0 Å². The summed E-state index contributed by atoms with van der Waals surface area (Å²) in [4.78, 5) is 44.8. The number of esters is 1. The minimum Gasteiger partial charge on any atom is -0.462 e. The molecular weight excluding hydrogens is 430 g/mol. The van der Waals surface area contributed by atoms with Crippen molar-refractivity contribution in [1.29, 1.82) is 0 Å². The Kier molecular flexibility index (Phi) is 8.32. The Bertz CT molecular complexity index is 954. The van der Waals surface area contributed by atoms with Crippen LogP contribution in [0.2, 0.25) is 0 Å². The fraction of sp³-hybridized carbons (Fsp3) is 0.364. The second-order valence-electron chi connectivity index (χ2n) is 7.13. The van der Waals surface area contributed by atoms with Gasteiger partial charge in [0.25, 0.3) is 0 Å². The number of amides is 3. The average molecular weight is 458 g/mol. The maximum Gasteiger partial charge on any atom is 0.339 e. The van der Waals surface area contributed by atoms with Crippen molar-refractivity contribution in [3.05, 3.63) is 48.2 Å². The highest BCUT2D eigenvalue weighted by atomic mass is 32.2. The van der Waals surface area contributed by atoms with Gasteiger partial charge in [-0.3, -0.25) is 4.79 Å². The quantitative estimate of drug-likeness (QED) is 0.485. The molecule has 1 fully saturated rings. The number of benzene rings is 1. The van der Waals surface area contributed by atoms with Crippen LogP contribution in [0.15, 0.2) is 47.5 Å². The van der Waals surface area contributed by atoms with Gasteiger partial charge in [0.2, 0.25) is 5.91 Å². The predicted octanol–water partition coefficient (Wildman–Crippen LogP) is 2.58. The number of ether oxygens (including phenoxy) is 1. The topological polar surface area (TPSA) is 118 Å². The first-order valence-electron chi connectivity index (χ1n) is 10.4. The van der Waals surface area contributed by atoms with Crippen molar-refractivity contribution in [3.8, 4) is 0 Å². The van der Waals surface area contributed by atoms with E-state index in [9.17, 15) is 14.4 Å². The number of para-hydroxylation sites is 1. The lowest BCUT2D eigenvalue weighted by Crippen LogP contribution is -2.38. The maximum absolute atomic E-state index is 12.9. The van der Waals surface area contributed by atoms with Gasteiger partial charge in [0.05, 0.1) is 23.6 Å². The lowest BCUT2D eigenvalue weighted by molar-refractivity contribution is -0.115. The van der Waals surface area contributed by atoms with Crippen LogP contribution in [0.1, 0.15) is 23.7 Å². The average Bonchev–Trinajstić information content (AvgIpc) is 3.05. The lowest BCUT2D eigenvalue weighted by Gasteiger charge is -2.23. The number of nitrogens with one attached hydrogen (secondary N) is 1. The molecule has 0 bridgehead atoms. The number of anilines is 2. The first-order valence-corrected chi connectivity index (χ1v) is 11.4. The third-order valence-corrected chi connectivity index (χ3v) is 5.96. The Morgan fingerprint density at radius 1 is 1.12 bits per heavy atom. The van der Waals surface area contributed by atoms with Gasteiger partial charge in [-0.15, -0.1) is 11.8 Å². The Morgan fingerprint density at radius 3 is 2.66 bits per heavy atom. The number of carbonyl (C=O) groups excluding carboxylic acids is 3. The summed E-state index contributed by atoms with van der Waals surface area (Å²) in [6.45, 7) is 4.59. The predicted molar refractivity (Wildman–Crippen MR) is 124 cm³/mol. The summed E-state index contributed by atoms with van der Waals surface area (Å²) in [5.41, 5.74) is 6.31. The van der Waals surface area contributed by atoms with Gasteiger partial charge in [0, 0.05) is 37.3 Å². The highest BCUT2D eigenvalue weighted by Crippen LogP contribution is 2.27. The summed E-state index contributed by atoms with van der Waals surface area (Å²) in [5.74, 6) is 0.105. The number of pyridine rings is 1. The summed E-state index contributed by atoms with van der Waals surface area (Å²) in [6.07, 6.45) is 2.30. The van der Waals surface area contributed by atoms with Crippen LogP contribution in [0.5, 0.6) is 0 Å². The summed E-state index contributed by atoms with van der Waals surface area (Å²) in [7, 11) is 0. The normalized spacial score (nSPS) is 13.9. The molecule has 0 aliphatic carbocycles. The molecule has 0 saturated carbocycles. The smallest absolute Gasteiger partial charge is 0.339 e. The molecule has 170 valence electrons. The SMILES string of the molecule is CCOC(=O)c1ccc(N2CCCN(C(=O)Nc3ccccc3SCC(N)=O)CC2)nc1. The zero-order chi connectivity index (χ0) is 22.9. The van der Waals surface area contributed by atoms with Crippen LogP contribution in [0.25, 0.3) is 0 Å². The monoisotopic (exact) mass is 457 g/mol. The molecule has 2 aromatic rings. The molecule has 1 saturated heterocycles. The van der Waals surface area contributed by atoms with E-state index in [1.807, 2.05) is 18.2 Å². The molecule has 3 N–H and O–H groups in total. The number of hydrogen-bond donors (Lipinski definition) is 2. The third kappa shape index (κ3) is 6.36. The molecule has 0 unspecified atom stereocenters. The fourth-order valence-corrected chi connectivity index (χ4v) is 4.04. The first kappa shape index (κ1) is 23.4. The van der Waals surface area contributed by atoms with Gasteiger partial charge in [-0.05, 0) is 37.6 Å². The number of aromatic nitrogens is 1. The van der Waals surface area contributed by atoms with E-state index in [0.717, 1.165) is 23.7 Å². The van der Waals surface area contributed by atoms with Crippen LogP contribution < -0.4 is 16.0 Å². The van der Waals surface area contributed by atoms with Gasteiger partial charge in [0.1, 0.15) is 5.82 Å². The molecule has 0 spiro atoms. The van der Waals surface area contributed by atoms with E-state index in [-0.39, 0.29) is 17.8 Å². The van der Waals surface area contributed by atoms with Gasteiger partial charge in [-0.25, -0.2) is 14.6 Å². The molecule has 0 radical (unpaired) electrons. The van der Waals surface area contributed by atoms with E-state index >= 15 is 0 Å². The van der Waals surface area contributed by atoms with E-state index in [0.29, 0.717) is 37.5 Å². The fourth-order valence-electron chi connectivity index (χ4n) is 3.30. The molecular formula is C22H27N5O4S. The number of nitrogens with zero attached hydrogens (tertiary/aromatic N) is 3. The number of carbonyl (C=O) groups is 3. The molecule has 9 nitrogen and oxygen atoms in total. The van der Waals surface area contributed by atoms with E-state index < -0.39 is 5.91 Å². The van der Waals surface area contributed by atoms with Crippen molar-refractivity contribution in [3.63, 3.8) is 0 Å². The molecule has 3 rings (SSSR count). The van der Waals surface area contributed by atoms with Crippen molar-refractivity contribution in [1.82, 2.24) is 9.88 Å². The number of urea groups is 1. The molecule has 3 amide bonds. The van der Waals surface area contributed by atoms with E-state index in [1.165, 1.54) is 18.0 Å². The summed E-state index contributed by atoms with van der Waals surface area (Å²) in [5, 5.41) is 2.95. The molecule has 32 heavy (non-hydrogen) atoms. The second kappa shape index (κ2) is 11.4. The molecule has 2 heterocycles. The van der Waals surface area contributed by atoms with Crippen LogP contribution >= 0.6 is 11.8 Å². The van der Waals surface area contributed by atoms with Crippen LogP contribution in [-0.4, -0.2) is 66.3 Å². The molecule has 1 aliphatic heterocycles. The maximum atomic E-state index is 12.9. The van der Waals surface area contributed by atoms with Gasteiger partial charge >= 0.3 is 12.0 Å². The van der Waals surface area contributed by atoms with Crippen molar-refractivity contribution in [2.75, 3.05) is 48.8 Å². The Morgan fingerprint density at radius 2 is 1.94 bits per heavy atom. The summed E-state index contributed by atoms with van der Waals surface area (Å²) < 4.78 is 4.99. The molecule has 1 aliphatic rings. The zero-order valence-electron chi connectivity index (χ0n) is 18.0. The van der Waals surface area contributed by atoms with Gasteiger partial charge < -0.3 is 25.6 Å². The summed E-state index contributed by atoms with van der Waals surface area (Å²) in [6, 6.07) is 10.6. The standard InChI is InChI=1S/C22H27N5O4S/c1-2-31-21(29)16-8-9-20(24-14-16)26-10-5-11-27(13-12-26)22(30)25-17-6-3-4-7-18(17)32-15-19(23)28/h3-4,6-9,14H,2,5,10-13,15H2,1H3,(H2,23,28)(H,25,30). The highest BCUT2D eigenvalue weighted by Gasteiger charge is 2.21. The minimum absolute atomic E-state index is 0.146. The van der Waals surface area contributed by atoms with Crippen molar-refractivity contribution in [2.24, 2.45) is 5.73 Å². The van der Waals surface area contributed by atoms with Crippen LogP contribution in [0.4, 0.5) is 16.3 Å². The van der Waals surface area contributed by atoms with E-state index in [1.54, 1.807) is 30.0 Å². The Balaban J connectivity index is 1.59. The largest absolute Gasteiger partial charge is 0.462 e. The van der Waals surface area contributed by atoms with Gasteiger partial charge in [-0.2, -0.15) is 0 Å². The number of primary amides is 1. The van der Waals surface area contributed by atoms with Gasteiger partial charge in [-0.1, -0.05) is 12.1 Å². The number of thioether (sulfide) groups is 1.